The molecule has 0 heterocycles. The quantitative estimate of drug-likeness (QED) is 0.746. The predicted octanol–water partition coefficient (Wildman–Crippen LogP) is 2.47. The third kappa shape index (κ3) is 1.74. The summed E-state index contributed by atoms with van der Waals surface area (Å²) in [6, 6.07) is 8.67. The van der Waals surface area contributed by atoms with Crippen molar-refractivity contribution in [3.05, 3.63) is 29.8 Å². The topological polar surface area (TPSA) is 26.0 Å². The molecule has 2 unspecified atom stereocenters. The largest absolute Gasteiger partial charge is 0.330 e. The number of thioether (sulfide) groups is 1. The third-order valence-corrected chi connectivity index (χ3v) is 3.58. The van der Waals surface area contributed by atoms with E-state index in [1.807, 2.05) is 11.8 Å². The van der Waals surface area contributed by atoms with Crippen molar-refractivity contribution in [2.75, 3.05) is 12.8 Å². The Bertz CT molecular complexity index is 298. The highest BCUT2D eigenvalue weighted by Gasteiger charge is 2.37. The Labute approximate surface area is 83.7 Å². The van der Waals surface area contributed by atoms with Crippen LogP contribution in [0.2, 0.25) is 0 Å². The molecule has 0 amide bonds. The average Bonchev–Trinajstić information content (AvgIpc) is 2.96. The van der Waals surface area contributed by atoms with Crippen LogP contribution < -0.4 is 5.73 Å². The first-order valence-electron chi connectivity index (χ1n) is 4.69. The molecule has 0 bridgehead atoms. The van der Waals surface area contributed by atoms with Crippen molar-refractivity contribution in [2.45, 2.75) is 17.2 Å². The van der Waals surface area contributed by atoms with Crippen molar-refractivity contribution in [1.82, 2.24) is 0 Å². The van der Waals surface area contributed by atoms with E-state index in [4.69, 9.17) is 5.73 Å². The zero-order chi connectivity index (χ0) is 9.26. The van der Waals surface area contributed by atoms with Crippen LogP contribution in [-0.2, 0) is 0 Å². The van der Waals surface area contributed by atoms with E-state index >= 15 is 0 Å². The molecule has 0 aromatic heterocycles. The van der Waals surface area contributed by atoms with Gasteiger partial charge in [-0.1, -0.05) is 18.2 Å². The van der Waals surface area contributed by atoms with Crippen LogP contribution in [0.4, 0.5) is 0 Å². The highest BCUT2D eigenvalue weighted by Crippen LogP contribution is 2.49. The Morgan fingerprint density at radius 1 is 1.46 bits per heavy atom. The summed E-state index contributed by atoms with van der Waals surface area (Å²) in [5.41, 5.74) is 7.15. The predicted molar refractivity (Wildman–Crippen MR) is 58.1 cm³/mol. The van der Waals surface area contributed by atoms with Gasteiger partial charge in [0.05, 0.1) is 0 Å². The molecule has 2 N–H and O–H groups in total. The zero-order valence-electron chi connectivity index (χ0n) is 7.86. The smallest absolute Gasteiger partial charge is 0.0104 e. The lowest BCUT2D eigenvalue weighted by molar-refractivity contribution is 0.803. The Kier molecular flexibility index (Phi) is 2.61. The van der Waals surface area contributed by atoms with Crippen LogP contribution in [0, 0.1) is 5.92 Å². The van der Waals surface area contributed by atoms with Crippen molar-refractivity contribution in [1.29, 1.82) is 0 Å². The molecule has 1 aliphatic rings. The van der Waals surface area contributed by atoms with Gasteiger partial charge in [0, 0.05) is 4.90 Å². The van der Waals surface area contributed by atoms with Crippen LogP contribution in [0.1, 0.15) is 17.9 Å². The molecule has 0 spiro atoms. The number of nitrogens with two attached hydrogens (primary N) is 1. The minimum atomic E-state index is 0.744. The molecule has 0 saturated heterocycles. The van der Waals surface area contributed by atoms with E-state index < -0.39 is 0 Å². The second kappa shape index (κ2) is 3.72. The number of hydrogen-bond donors (Lipinski definition) is 1. The fraction of sp³-hybridized carbons (Fsp3) is 0.455. The minimum Gasteiger partial charge on any atom is -0.330 e. The van der Waals surface area contributed by atoms with E-state index in [0.717, 1.165) is 18.4 Å². The molecule has 13 heavy (non-hydrogen) atoms. The van der Waals surface area contributed by atoms with Crippen LogP contribution in [0.15, 0.2) is 29.2 Å². The Morgan fingerprint density at radius 3 is 2.85 bits per heavy atom. The van der Waals surface area contributed by atoms with Crippen LogP contribution in [0.25, 0.3) is 0 Å². The molecule has 0 aliphatic heterocycles. The van der Waals surface area contributed by atoms with Gasteiger partial charge in [0.1, 0.15) is 0 Å². The lowest BCUT2D eigenvalue weighted by atomic mass is 10.1. The van der Waals surface area contributed by atoms with Gasteiger partial charge in [-0.05, 0) is 42.7 Å². The molecule has 70 valence electrons. The van der Waals surface area contributed by atoms with E-state index in [1.54, 1.807) is 0 Å². The number of hydrogen-bond acceptors (Lipinski definition) is 2. The van der Waals surface area contributed by atoms with Gasteiger partial charge in [0.2, 0.25) is 0 Å². The second-order valence-electron chi connectivity index (χ2n) is 3.58. The van der Waals surface area contributed by atoms with Crippen molar-refractivity contribution in [3.63, 3.8) is 0 Å². The number of benzene rings is 1. The first-order chi connectivity index (χ1) is 6.36. The van der Waals surface area contributed by atoms with Gasteiger partial charge < -0.3 is 5.73 Å². The molecule has 2 rings (SSSR count). The van der Waals surface area contributed by atoms with E-state index in [1.165, 1.54) is 16.9 Å². The maximum atomic E-state index is 5.65. The molecule has 1 aliphatic carbocycles. The SMILES string of the molecule is CSc1ccccc1C1CC1CN. The molecule has 2 atom stereocenters. The summed E-state index contributed by atoms with van der Waals surface area (Å²) in [4.78, 5) is 1.42. The molecule has 2 heteroatoms. The maximum Gasteiger partial charge on any atom is 0.0104 e. The van der Waals surface area contributed by atoms with E-state index in [-0.39, 0.29) is 0 Å². The van der Waals surface area contributed by atoms with Crippen molar-refractivity contribution < 1.29 is 0 Å². The Morgan fingerprint density at radius 2 is 2.23 bits per heavy atom. The fourth-order valence-corrected chi connectivity index (χ4v) is 2.53. The maximum absolute atomic E-state index is 5.65. The van der Waals surface area contributed by atoms with Crippen LogP contribution in [-0.4, -0.2) is 12.8 Å². The molecule has 1 fully saturated rings. The molecule has 1 saturated carbocycles. The van der Waals surface area contributed by atoms with Gasteiger partial charge in [0.15, 0.2) is 0 Å². The summed E-state index contributed by atoms with van der Waals surface area (Å²) in [7, 11) is 0. The van der Waals surface area contributed by atoms with Gasteiger partial charge in [-0.3, -0.25) is 0 Å². The fourth-order valence-electron chi connectivity index (χ4n) is 1.86. The van der Waals surface area contributed by atoms with Crippen molar-refractivity contribution >= 4 is 11.8 Å². The van der Waals surface area contributed by atoms with E-state index in [0.29, 0.717) is 0 Å². The third-order valence-electron chi connectivity index (χ3n) is 2.76. The first-order valence-corrected chi connectivity index (χ1v) is 5.92. The second-order valence-corrected chi connectivity index (χ2v) is 4.43. The Hall–Kier alpha value is -0.470. The molecular formula is C11H15NS. The van der Waals surface area contributed by atoms with Gasteiger partial charge >= 0.3 is 0 Å². The van der Waals surface area contributed by atoms with E-state index in [2.05, 4.69) is 30.5 Å². The highest BCUT2D eigenvalue weighted by molar-refractivity contribution is 7.98. The summed E-state index contributed by atoms with van der Waals surface area (Å²) >= 11 is 1.84. The highest BCUT2D eigenvalue weighted by atomic mass is 32.2. The van der Waals surface area contributed by atoms with Crippen molar-refractivity contribution in [3.8, 4) is 0 Å². The van der Waals surface area contributed by atoms with Crippen LogP contribution >= 0.6 is 11.8 Å². The summed E-state index contributed by atoms with van der Waals surface area (Å²) in [5, 5.41) is 0. The van der Waals surface area contributed by atoms with Crippen molar-refractivity contribution in [2.24, 2.45) is 11.7 Å². The van der Waals surface area contributed by atoms with Gasteiger partial charge in [-0.25, -0.2) is 0 Å². The average molecular weight is 193 g/mol. The van der Waals surface area contributed by atoms with Gasteiger partial charge in [-0.2, -0.15) is 0 Å². The summed E-state index contributed by atoms with van der Waals surface area (Å²) in [5.74, 6) is 1.49. The minimum absolute atomic E-state index is 0.744. The lowest BCUT2D eigenvalue weighted by Crippen LogP contribution is -2.02. The summed E-state index contributed by atoms with van der Waals surface area (Å²) in [6.07, 6.45) is 3.42. The molecular weight excluding hydrogens is 178 g/mol. The first kappa shape index (κ1) is 9.10. The van der Waals surface area contributed by atoms with Gasteiger partial charge in [0.25, 0.3) is 0 Å². The monoisotopic (exact) mass is 193 g/mol. The van der Waals surface area contributed by atoms with Gasteiger partial charge in [-0.15, -0.1) is 11.8 Å². The molecule has 1 aromatic carbocycles. The summed E-state index contributed by atoms with van der Waals surface area (Å²) < 4.78 is 0. The zero-order valence-corrected chi connectivity index (χ0v) is 8.68. The standard InChI is InChI=1S/C11H15NS/c1-13-11-5-3-2-4-9(11)10-6-8(10)7-12/h2-5,8,10H,6-7,12H2,1H3. The van der Waals surface area contributed by atoms with Crippen LogP contribution in [0.3, 0.4) is 0 Å². The molecule has 1 nitrogen and oxygen atoms in total. The number of rotatable bonds is 3. The Balaban J connectivity index is 2.20. The summed E-state index contributed by atoms with van der Waals surface area (Å²) in [6.45, 7) is 0.841. The normalized spacial score (nSPS) is 26.0. The van der Waals surface area contributed by atoms with Crippen LogP contribution in [0.5, 0.6) is 0 Å². The van der Waals surface area contributed by atoms with E-state index in [9.17, 15) is 0 Å². The lowest BCUT2D eigenvalue weighted by Gasteiger charge is -2.05. The molecule has 0 radical (unpaired) electrons. The molecule has 1 aromatic rings.